The molecule has 0 saturated carbocycles. The van der Waals surface area contributed by atoms with E-state index in [2.05, 4.69) is 26.9 Å². The fraction of sp³-hybridized carbons (Fsp3) is 0.0417. The molecule has 1 aliphatic rings. The van der Waals surface area contributed by atoms with Gasteiger partial charge >= 0.3 is 6.01 Å². The van der Waals surface area contributed by atoms with E-state index in [4.69, 9.17) is 14.7 Å². The average Bonchev–Trinajstić information content (AvgIpc) is 3.26. The molecule has 1 aromatic heterocycles. The number of benzodiazepines with no additional fused rings is 1. The second kappa shape index (κ2) is 8.16. The smallest absolute Gasteiger partial charge is 0.317 e. The monoisotopic (exact) mass is 420 g/mol. The summed E-state index contributed by atoms with van der Waals surface area (Å²) in [7, 11) is 0. The second-order valence-electron chi connectivity index (χ2n) is 7.03. The lowest BCUT2D eigenvalue weighted by Gasteiger charge is -2.11. The number of anilines is 2. The molecule has 0 unspecified atom stereocenters. The first kappa shape index (κ1) is 19.2. The third-order valence-corrected chi connectivity index (χ3v) is 4.92. The number of hydrogen-bond acceptors (Lipinski definition) is 7. The maximum atomic E-state index is 12.9. The average molecular weight is 420 g/mol. The van der Waals surface area contributed by atoms with Crippen LogP contribution in [0.1, 0.15) is 16.7 Å². The number of nitrogens with one attached hydrogen (secondary N) is 2. The van der Waals surface area contributed by atoms with E-state index in [1.54, 1.807) is 24.3 Å². The number of aromatic nitrogens is 2. The third-order valence-electron chi connectivity index (χ3n) is 4.92. The molecular formula is C24H16N6O2. The van der Waals surface area contributed by atoms with E-state index in [9.17, 15) is 4.79 Å². The zero-order chi connectivity index (χ0) is 21.9. The molecule has 8 heteroatoms. The topological polar surface area (TPSA) is 116 Å². The van der Waals surface area contributed by atoms with Crippen molar-refractivity contribution in [3.8, 4) is 17.5 Å². The number of aliphatic imine (C=N–C) groups is 1. The Bertz CT molecular complexity index is 1370. The Balaban J connectivity index is 1.49. The fourth-order valence-electron chi connectivity index (χ4n) is 3.42. The Morgan fingerprint density at radius 1 is 0.938 bits per heavy atom. The zero-order valence-corrected chi connectivity index (χ0v) is 16.7. The summed E-state index contributed by atoms with van der Waals surface area (Å²) in [5.41, 5.74) is 4.12. The van der Waals surface area contributed by atoms with Crippen molar-refractivity contribution >= 4 is 23.3 Å². The molecule has 0 fully saturated rings. The Morgan fingerprint density at radius 3 is 2.56 bits per heavy atom. The molecule has 32 heavy (non-hydrogen) atoms. The Morgan fingerprint density at radius 2 is 1.72 bits per heavy atom. The first-order valence-corrected chi connectivity index (χ1v) is 9.85. The normalized spacial score (nSPS) is 15.0. The summed E-state index contributed by atoms with van der Waals surface area (Å²) in [5, 5.41) is 22.9. The van der Waals surface area contributed by atoms with Gasteiger partial charge in [-0.1, -0.05) is 59.7 Å². The lowest BCUT2D eigenvalue weighted by molar-refractivity contribution is -0.116. The van der Waals surface area contributed by atoms with Crippen molar-refractivity contribution in [1.82, 2.24) is 10.2 Å². The zero-order valence-electron chi connectivity index (χ0n) is 16.7. The molecule has 0 aliphatic carbocycles. The fourth-order valence-corrected chi connectivity index (χ4v) is 3.42. The van der Waals surface area contributed by atoms with E-state index in [0.717, 1.165) is 11.1 Å². The Labute approximate surface area is 183 Å². The predicted octanol–water partition coefficient (Wildman–Crippen LogP) is 3.84. The summed E-state index contributed by atoms with van der Waals surface area (Å²) in [4.78, 5) is 17.6. The first-order chi connectivity index (χ1) is 15.7. The highest BCUT2D eigenvalue weighted by Crippen LogP contribution is 2.26. The van der Waals surface area contributed by atoms with Gasteiger partial charge in [-0.2, -0.15) is 5.26 Å². The van der Waals surface area contributed by atoms with Gasteiger partial charge in [-0.3, -0.25) is 4.79 Å². The van der Waals surface area contributed by atoms with Crippen LogP contribution in [0.5, 0.6) is 0 Å². The van der Waals surface area contributed by atoms with Gasteiger partial charge in [-0.25, -0.2) is 4.99 Å². The number of nitrogens with zero attached hydrogens (tertiary/aromatic N) is 4. The van der Waals surface area contributed by atoms with Gasteiger partial charge in [-0.15, -0.1) is 5.10 Å². The van der Waals surface area contributed by atoms with Crippen molar-refractivity contribution in [3.05, 3.63) is 95.6 Å². The molecule has 1 aliphatic heterocycles. The molecule has 3 aromatic carbocycles. The van der Waals surface area contributed by atoms with Crippen molar-refractivity contribution in [3.63, 3.8) is 0 Å². The molecule has 2 heterocycles. The number of para-hydroxylation sites is 1. The summed E-state index contributed by atoms with van der Waals surface area (Å²) in [6, 6.07) is 26.1. The van der Waals surface area contributed by atoms with E-state index in [1.807, 2.05) is 54.6 Å². The number of nitriles is 1. The summed E-state index contributed by atoms with van der Waals surface area (Å²) >= 11 is 0. The molecule has 154 valence electrons. The van der Waals surface area contributed by atoms with Crippen LogP contribution in [0.25, 0.3) is 11.5 Å². The van der Waals surface area contributed by atoms with Crippen LogP contribution in [0, 0.1) is 11.3 Å². The van der Waals surface area contributed by atoms with Crippen LogP contribution in [0.3, 0.4) is 0 Å². The highest BCUT2D eigenvalue weighted by Gasteiger charge is 2.27. The molecule has 0 bridgehead atoms. The van der Waals surface area contributed by atoms with Gasteiger partial charge < -0.3 is 15.1 Å². The molecule has 2 N–H and O–H groups in total. The quantitative estimate of drug-likeness (QED) is 0.518. The standard InChI is InChI=1S/C24H16N6O2/c25-14-15-7-6-10-17(13-15)23-29-30-24(32-23)28-21-22(31)26-19-12-5-4-11-18(19)20(27-21)16-8-2-1-3-9-16/h1-13,21H,(H,26,31)(H,28,30)/t21-/m1/s1. The van der Waals surface area contributed by atoms with E-state index in [1.165, 1.54) is 0 Å². The maximum absolute atomic E-state index is 12.9. The minimum atomic E-state index is -0.989. The Kier molecular flexibility index (Phi) is 4.90. The van der Waals surface area contributed by atoms with Crippen LogP contribution in [0.2, 0.25) is 0 Å². The van der Waals surface area contributed by atoms with Gasteiger partial charge in [0.25, 0.3) is 5.91 Å². The summed E-state index contributed by atoms with van der Waals surface area (Å²) in [6.07, 6.45) is -0.989. The van der Waals surface area contributed by atoms with Crippen LogP contribution < -0.4 is 10.6 Å². The van der Waals surface area contributed by atoms with Gasteiger partial charge in [0.2, 0.25) is 12.1 Å². The van der Waals surface area contributed by atoms with E-state index < -0.39 is 6.17 Å². The van der Waals surface area contributed by atoms with E-state index in [-0.39, 0.29) is 17.8 Å². The lowest BCUT2D eigenvalue weighted by atomic mass is 10.0. The number of rotatable bonds is 4. The van der Waals surface area contributed by atoms with Crippen molar-refractivity contribution in [2.24, 2.45) is 4.99 Å². The molecule has 4 aromatic rings. The minimum Gasteiger partial charge on any atom is -0.403 e. The van der Waals surface area contributed by atoms with Crippen LogP contribution in [-0.2, 0) is 4.79 Å². The highest BCUT2D eigenvalue weighted by molar-refractivity contribution is 6.19. The predicted molar refractivity (Wildman–Crippen MR) is 119 cm³/mol. The third kappa shape index (κ3) is 3.70. The lowest BCUT2D eigenvalue weighted by Crippen LogP contribution is -2.32. The summed E-state index contributed by atoms with van der Waals surface area (Å²) in [6.45, 7) is 0. The van der Waals surface area contributed by atoms with Gasteiger partial charge in [0, 0.05) is 16.7 Å². The van der Waals surface area contributed by atoms with Gasteiger partial charge in [0.15, 0.2) is 0 Å². The van der Waals surface area contributed by atoms with E-state index in [0.29, 0.717) is 22.5 Å². The van der Waals surface area contributed by atoms with Crippen molar-refractivity contribution in [2.45, 2.75) is 6.17 Å². The number of hydrogen-bond donors (Lipinski definition) is 2. The van der Waals surface area contributed by atoms with Crippen molar-refractivity contribution in [2.75, 3.05) is 10.6 Å². The number of amides is 1. The van der Waals surface area contributed by atoms with E-state index >= 15 is 0 Å². The van der Waals surface area contributed by atoms with Gasteiger partial charge in [0.05, 0.1) is 23.0 Å². The van der Waals surface area contributed by atoms with Crippen LogP contribution >= 0.6 is 0 Å². The number of fused-ring (bicyclic) bond motifs is 1. The maximum Gasteiger partial charge on any atom is 0.317 e. The molecule has 5 rings (SSSR count). The van der Waals surface area contributed by atoms with Crippen LogP contribution in [0.4, 0.5) is 11.7 Å². The molecule has 0 spiro atoms. The van der Waals surface area contributed by atoms with Gasteiger partial charge in [-0.05, 0) is 24.3 Å². The summed E-state index contributed by atoms with van der Waals surface area (Å²) in [5.74, 6) is -0.121. The molecule has 1 amide bonds. The van der Waals surface area contributed by atoms with Gasteiger partial charge in [0.1, 0.15) is 0 Å². The molecule has 1 atom stereocenters. The molecule has 0 saturated heterocycles. The molecule has 8 nitrogen and oxygen atoms in total. The molecular weight excluding hydrogens is 404 g/mol. The van der Waals surface area contributed by atoms with Crippen LogP contribution in [-0.4, -0.2) is 28.0 Å². The van der Waals surface area contributed by atoms with Crippen molar-refractivity contribution in [1.29, 1.82) is 5.26 Å². The Hall–Kier alpha value is -4.77. The SMILES string of the molecule is N#Cc1cccc(-c2nnc(N[C@H]3N=C(c4ccccc4)c4ccccc4NC3=O)o2)c1. The number of carbonyl (C=O) groups is 1. The molecule has 0 radical (unpaired) electrons. The minimum absolute atomic E-state index is 0.0460. The van der Waals surface area contributed by atoms with Crippen LogP contribution in [0.15, 0.2) is 88.3 Å². The highest BCUT2D eigenvalue weighted by atomic mass is 16.4. The largest absolute Gasteiger partial charge is 0.403 e. The first-order valence-electron chi connectivity index (χ1n) is 9.85. The second-order valence-corrected chi connectivity index (χ2v) is 7.03. The number of benzene rings is 3. The number of carbonyl (C=O) groups excluding carboxylic acids is 1. The van der Waals surface area contributed by atoms with Crippen molar-refractivity contribution < 1.29 is 9.21 Å². The summed E-state index contributed by atoms with van der Waals surface area (Å²) < 4.78 is 5.69.